The Hall–Kier alpha value is 0.478. The molecule has 0 spiro atoms. The molecule has 0 aliphatic heterocycles. The van der Waals surface area contributed by atoms with Crippen LogP contribution < -0.4 is 0 Å². The van der Waals surface area contributed by atoms with Gasteiger partial charge in [0.05, 0.1) is 0 Å². The summed E-state index contributed by atoms with van der Waals surface area (Å²) in [5.41, 5.74) is 0.500. The zero-order chi connectivity index (χ0) is 8.08. The van der Waals surface area contributed by atoms with Gasteiger partial charge in [-0.25, -0.2) is 0 Å². The summed E-state index contributed by atoms with van der Waals surface area (Å²) in [5.74, 6) is 0. The number of hydrogen-bond donors (Lipinski definition) is 0. The minimum atomic E-state index is -3.08. The molecular weight excluding hydrogens is 325 g/mol. The monoisotopic (exact) mass is 340 g/mol. The third-order valence-corrected chi connectivity index (χ3v) is 0. The van der Waals surface area contributed by atoms with Gasteiger partial charge in [0.15, 0.2) is 6.68 Å². The Morgan fingerprint density at radius 1 is 0.909 bits per heavy atom. The molecule has 11 heavy (non-hydrogen) atoms. The molecule has 0 aliphatic rings. The summed E-state index contributed by atoms with van der Waals surface area (Å²) in [6, 6.07) is 0. The van der Waals surface area contributed by atoms with Gasteiger partial charge >= 0.3 is 21.1 Å². The van der Waals surface area contributed by atoms with E-state index in [-0.39, 0.29) is 28.5 Å². The third kappa shape index (κ3) is 3290. The van der Waals surface area contributed by atoms with Crippen LogP contribution in [0.15, 0.2) is 0 Å². The van der Waals surface area contributed by atoms with E-state index in [0.29, 0.717) is 5.41 Å². The number of hydrogen-bond acceptors (Lipinski definition) is 0. The van der Waals surface area contributed by atoms with Gasteiger partial charge in [0.25, 0.3) is 0 Å². The van der Waals surface area contributed by atoms with Gasteiger partial charge in [-0.15, -0.1) is 0 Å². The first-order chi connectivity index (χ1) is 3.73. The maximum atomic E-state index is 9.58. The molecule has 0 aliphatic carbocycles. The van der Waals surface area contributed by atoms with Gasteiger partial charge in [-0.2, -0.15) is 0 Å². The summed E-state index contributed by atoms with van der Waals surface area (Å²) in [7, 11) is 0. The SMILES string of the molecule is CC(C)(C)C.F[C-](F)F.[CH3-].[W+2]. The average Bonchev–Trinajstić information content (AvgIpc) is 1.19. The molecule has 70 valence electrons. The van der Waals surface area contributed by atoms with Crippen LogP contribution in [0.3, 0.4) is 0 Å². The molecule has 0 fully saturated rings. The first kappa shape index (κ1) is 22.5. The average molecular weight is 340 g/mol. The quantitative estimate of drug-likeness (QED) is 0.588. The Morgan fingerprint density at radius 3 is 0.909 bits per heavy atom. The largest absolute Gasteiger partial charge is 2.00 e. The van der Waals surface area contributed by atoms with Crippen molar-refractivity contribution in [2.24, 2.45) is 5.41 Å². The Kier molecular flexibility index (Phi) is 21.5. The predicted molar refractivity (Wildman–Crippen MR) is 38.1 cm³/mol. The molecule has 0 unspecified atom stereocenters. The van der Waals surface area contributed by atoms with Crippen LogP contribution >= 0.6 is 0 Å². The molecule has 0 rings (SSSR count). The Labute approximate surface area is 81.8 Å². The van der Waals surface area contributed by atoms with Gasteiger partial charge in [-0.3, -0.25) is 0 Å². The molecule has 0 bridgehead atoms. The summed E-state index contributed by atoms with van der Waals surface area (Å²) in [6.45, 7) is 5.67. The summed E-state index contributed by atoms with van der Waals surface area (Å²) in [5, 5.41) is 0. The zero-order valence-electron chi connectivity index (χ0n) is 7.54. The van der Waals surface area contributed by atoms with Gasteiger partial charge in [0.2, 0.25) is 0 Å². The maximum absolute atomic E-state index is 9.58. The van der Waals surface area contributed by atoms with Crippen LogP contribution in [-0.2, 0) is 21.1 Å². The van der Waals surface area contributed by atoms with Crippen LogP contribution in [0, 0.1) is 19.5 Å². The van der Waals surface area contributed by atoms with Gasteiger partial charge in [0, 0.05) is 0 Å². The van der Waals surface area contributed by atoms with E-state index >= 15 is 0 Å². The van der Waals surface area contributed by atoms with E-state index in [2.05, 4.69) is 27.7 Å². The van der Waals surface area contributed by atoms with Crippen molar-refractivity contribution in [3.63, 3.8) is 0 Å². The van der Waals surface area contributed by atoms with Crippen molar-refractivity contribution in [3.8, 4) is 0 Å². The summed E-state index contributed by atoms with van der Waals surface area (Å²) in [4.78, 5) is 0. The first-order valence-corrected chi connectivity index (χ1v) is 2.57. The molecule has 0 nitrogen and oxygen atoms in total. The van der Waals surface area contributed by atoms with Crippen molar-refractivity contribution >= 4 is 0 Å². The smallest absolute Gasteiger partial charge is 0.385 e. The van der Waals surface area contributed by atoms with E-state index in [1.54, 1.807) is 0 Å². The second kappa shape index (κ2) is 10.5. The van der Waals surface area contributed by atoms with Crippen LogP contribution in [0.2, 0.25) is 0 Å². The van der Waals surface area contributed by atoms with Crippen molar-refractivity contribution in [1.82, 2.24) is 0 Å². The second-order valence-electron chi connectivity index (χ2n) is 3.21. The first-order valence-electron chi connectivity index (χ1n) is 2.57. The summed E-state index contributed by atoms with van der Waals surface area (Å²) >= 11 is 0. The fourth-order valence-corrected chi connectivity index (χ4v) is 0. The fraction of sp³-hybridized carbons (Fsp3) is 0.714. The van der Waals surface area contributed by atoms with Crippen LogP contribution in [-0.4, -0.2) is 0 Å². The van der Waals surface area contributed by atoms with E-state index in [1.165, 1.54) is 0 Å². The predicted octanol–water partition coefficient (Wildman–Crippen LogP) is 3.84. The molecule has 4 heteroatoms. The maximum Gasteiger partial charge on any atom is 2.00 e. The van der Waals surface area contributed by atoms with Gasteiger partial charge in [-0.1, -0.05) is 27.7 Å². The summed E-state index contributed by atoms with van der Waals surface area (Å²) < 4.78 is 28.8. The van der Waals surface area contributed by atoms with Crippen LogP contribution in [0.25, 0.3) is 0 Å². The number of halogens is 3. The zero-order valence-corrected chi connectivity index (χ0v) is 10.5. The van der Waals surface area contributed by atoms with E-state index in [0.717, 1.165) is 0 Å². The van der Waals surface area contributed by atoms with Crippen molar-refractivity contribution in [3.05, 3.63) is 14.1 Å². The normalized spacial score (nSPS) is 8.73. The Balaban J connectivity index is -0.0000000383. The van der Waals surface area contributed by atoms with Crippen molar-refractivity contribution in [2.75, 3.05) is 0 Å². The molecule has 0 N–H and O–H groups in total. The molecule has 0 radical (unpaired) electrons. The fourth-order valence-electron chi connectivity index (χ4n) is 0. The topological polar surface area (TPSA) is 0 Å². The standard InChI is InChI=1S/C5H12.CF3.CH3.W/c1-5(2,3)4;2-1(3)4;;/h1-4H3;;1H3;/q;2*-1;+2. The van der Waals surface area contributed by atoms with Crippen molar-refractivity contribution < 1.29 is 34.2 Å². The van der Waals surface area contributed by atoms with Gasteiger partial charge in [-0.05, 0) is 5.41 Å². The molecule has 0 heterocycles. The molecule has 0 saturated carbocycles. The third-order valence-electron chi connectivity index (χ3n) is 0. The minimum absolute atomic E-state index is 0. The Bertz CT molecular complexity index is 50.4. The second-order valence-corrected chi connectivity index (χ2v) is 3.21. The van der Waals surface area contributed by atoms with Gasteiger partial charge < -0.3 is 20.6 Å². The van der Waals surface area contributed by atoms with Crippen LogP contribution in [0.4, 0.5) is 13.2 Å². The molecule has 0 saturated heterocycles. The van der Waals surface area contributed by atoms with E-state index in [4.69, 9.17) is 0 Å². The van der Waals surface area contributed by atoms with Crippen molar-refractivity contribution in [2.45, 2.75) is 27.7 Å². The van der Waals surface area contributed by atoms with Crippen molar-refractivity contribution in [1.29, 1.82) is 0 Å². The molecule has 0 aromatic carbocycles. The van der Waals surface area contributed by atoms with Gasteiger partial charge in [0.1, 0.15) is 0 Å². The molecule has 0 amide bonds. The minimum Gasteiger partial charge on any atom is -0.385 e. The van der Waals surface area contributed by atoms with E-state index < -0.39 is 6.68 Å². The number of rotatable bonds is 0. The molecular formula is C7H15F3W. The van der Waals surface area contributed by atoms with Crippen LogP contribution in [0.1, 0.15) is 27.7 Å². The molecule has 0 aromatic rings. The van der Waals surface area contributed by atoms with E-state index in [9.17, 15) is 13.2 Å². The summed E-state index contributed by atoms with van der Waals surface area (Å²) in [6.07, 6.45) is 0. The molecule has 0 aromatic heterocycles. The molecule has 0 atom stereocenters. The van der Waals surface area contributed by atoms with Crippen LogP contribution in [0.5, 0.6) is 0 Å². The van der Waals surface area contributed by atoms with E-state index in [1.807, 2.05) is 0 Å². The Morgan fingerprint density at radius 2 is 0.909 bits per heavy atom.